The third-order valence-electron chi connectivity index (χ3n) is 6.10. The molecule has 6 rings (SSSR count). The van der Waals surface area contributed by atoms with Gasteiger partial charge in [-0.2, -0.15) is 0 Å². The van der Waals surface area contributed by atoms with Gasteiger partial charge in [0, 0.05) is 15.3 Å². The van der Waals surface area contributed by atoms with E-state index in [4.69, 9.17) is 4.74 Å². The smallest absolute Gasteiger partial charge is 0.305 e. The summed E-state index contributed by atoms with van der Waals surface area (Å²) < 4.78 is 6.89. The van der Waals surface area contributed by atoms with Crippen molar-refractivity contribution in [2.75, 3.05) is 4.90 Å². The van der Waals surface area contributed by atoms with Gasteiger partial charge in [-0.1, -0.05) is 69.4 Å². The van der Waals surface area contributed by atoms with Crippen LogP contribution in [0.3, 0.4) is 0 Å². The van der Waals surface area contributed by atoms with Crippen molar-refractivity contribution < 1.29 is 14.3 Å². The molecule has 2 aliphatic rings. The van der Waals surface area contributed by atoms with E-state index in [0.717, 1.165) is 26.3 Å². The molecule has 3 heterocycles. The van der Waals surface area contributed by atoms with Crippen LogP contribution in [0.5, 0.6) is 11.5 Å². The molecule has 0 aliphatic carbocycles. The highest BCUT2D eigenvalue weighted by Crippen LogP contribution is 2.53. The van der Waals surface area contributed by atoms with Crippen LogP contribution in [0.25, 0.3) is 0 Å². The van der Waals surface area contributed by atoms with E-state index in [-0.39, 0.29) is 16.7 Å². The minimum absolute atomic E-state index is 0.200. The minimum atomic E-state index is -0.637. The molecule has 0 spiro atoms. The molecular formula is C26H17BrN2O4S2. The van der Waals surface area contributed by atoms with Crippen molar-refractivity contribution in [2.45, 2.75) is 16.2 Å². The molecule has 35 heavy (non-hydrogen) atoms. The Bertz CT molecular complexity index is 1500. The molecule has 2 aliphatic heterocycles. The molecule has 1 fully saturated rings. The number of thioether (sulfide) groups is 1. The van der Waals surface area contributed by atoms with Crippen molar-refractivity contribution in [1.29, 1.82) is 0 Å². The van der Waals surface area contributed by atoms with Crippen molar-refractivity contribution in [3.8, 4) is 11.5 Å². The Hall–Kier alpha value is -3.14. The average Bonchev–Trinajstić information content (AvgIpc) is 3.35. The number of imide groups is 1. The maximum absolute atomic E-state index is 13.8. The molecule has 0 radical (unpaired) electrons. The Kier molecular flexibility index (Phi) is 5.63. The Morgan fingerprint density at radius 2 is 1.60 bits per heavy atom. The van der Waals surface area contributed by atoms with E-state index in [0.29, 0.717) is 22.2 Å². The number of benzene rings is 3. The number of ether oxygens (including phenoxy) is 1. The molecule has 4 aromatic rings. The van der Waals surface area contributed by atoms with Crippen LogP contribution >= 0.6 is 39.0 Å². The number of nitrogens with zero attached hydrogens (tertiary/aromatic N) is 1. The van der Waals surface area contributed by atoms with Crippen LogP contribution in [0, 0.1) is 5.92 Å². The number of amides is 2. The van der Waals surface area contributed by atoms with Crippen molar-refractivity contribution in [3.63, 3.8) is 0 Å². The van der Waals surface area contributed by atoms with E-state index in [1.165, 1.54) is 16.7 Å². The second-order valence-corrected chi connectivity index (χ2v) is 11.3. The standard InChI is InChI=1S/C26H17BrN2O4S2/c27-15-9-11-16(12-10-15)29-24(30)20-19(21-23(28-26(32)35-21)34-22(20)25(29)31)14-5-4-8-18(13-14)33-17-6-2-1-3-7-17/h1-13,19-20,22H,(H,28,32)/t19-,20-,22+/m0/s1. The summed E-state index contributed by atoms with van der Waals surface area (Å²) in [7, 11) is 0. The third kappa shape index (κ3) is 3.93. The van der Waals surface area contributed by atoms with Gasteiger partial charge in [-0.05, 0) is 54.1 Å². The highest BCUT2D eigenvalue weighted by atomic mass is 79.9. The summed E-state index contributed by atoms with van der Waals surface area (Å²) in [5, 5.41) is 0.0204. The molecule has 0 bridgehead atoms. The monoisotopic (exact) mass is 564 g/mol. The normalized spacial score (nSPS) is 21.1. The van der Waals surface area contributed by atoms with Gasteiger partial charge in [0.15, 0.2) is 0 Å². The first-order valence-electron chi connectivity index (χ1n) is 10.9. The first-order chi connectivity index (χ1) is 17.0. The fourth-order valence-corrected chi connectivity index (χ4v) is 7.40. The van der Waals surface area contributed by atoms with Crippen LogP contribution in [-0.4, -0.2) is 22.0 Å². The predicted octanol–water partition coefficient (Wildman–Crippen LogP) is 5.79. The minimum Gasteiger partial charge on any atom is -0.457 e. The number of aromatic nitrogens is 1. The predicted molar refractivity (Wildman–Crippen MR) is 140 cm³/mol. The summed E-state index contributed by atoms with van der Waals surface area (Å²) in [5.74, 6) is -0.303. The number of hydrogen-bond acceptors (Lipinski definition) is 6. The molecule has 174 valence electrons. The van der Waals surface area contributed by atoms with Crippen molar-refractivity contribution in [3.05, 3.63) is 103 Å². The molecule has 2 amide bonds. The number of carbonyl (C=O) groups excluding carboxylic acids is 2. The van der Waals surface area contributed by atoms with Crippen molar-refractivity contribution in [2.24, 2.45) is 5.92 Å². The van der Waals surface area contributed by atoms with Gasteiger partial charge in [0.05, 0.1) is 16.6 Å². The van der Waals surface area contributed by atoms with Crippen LogP contribution in [0.1, 0.15) is 16.4 Å². The van der Waals surface area contributed by atoms with Crippen LogP contribution in [0.4, 0.5) is 5.69 Å². The molecule has 1 aromatic heterocycles. The lowest BCUT2D eigenvalue weighted by atomic mass is 9.83. The lowest BCUT2D eigenvalue weighted by molar-refractivity contribution is -0.122. The molecular weight excluding hydrogens is 548 g/mol. The van der Waals surface area contributed by atoms with Crippen LogP contribution in [0.15, 0.2) is 93.2 Å². The van der Waals surface area contributed by atoms with Gasteiger partial charge in [0.25, 0.3) is 0 Å². The summed E-state index contributed by atoms with van der Waals surface area (Å²) >= 11 is 5.76. The Balaban J connectivity index is 1.43. The van der Waals surface area contributed by atoms with E-state index in [1.54, 1.807) is 24.3 Å². The Morgan fingerprint density at radius 1 is 0.857 bits per heavy atom. The molecule has 1 N–H and O–H groups in total. The summed E-state index contributed by atoms with van der Waals surface area (Å²) in [6.07, 6.45) is 0. The number of rotatable bonds is 4. The van der Waals surface area contributed by atoms with Gasteiger partial charge >= 0.3 is 4.87 Å². The molecule has 6 nitrogen and oxygen atoms in total. The van der Waals surface area contributed by atoms with E-state index < -0.39 is 17.1 Å². The van der Waals surface area contributed by atoms with Gasteiger partial charge in [-0.15, -0.1) is 0 Å². The highest BCUT2D eigenvalue weighted by Gasteiger charge is 2.56. The quantitative estimate of drug-likeness (QED) is 0.317. The Morgan fingerprint density at radius 3 is 2.37 bits per heavy atom. The van der Waals surface area contributed by atoms with Gasteiger partial charge in [-0.25, -0.2) is 4.90 Å². The largest absolute Gasteiger partial charge is 0.457 e. The zero-order valence-electron chi connectivity index (χ0n) is 18.0. The van der Waals surface area contributed by atoms with E-state index in [1.807, 2.05) is 54.6 Å². The van der Waals surface area contributed by atoms with Crippen LogP contribution in [0.2, 0.25) is 0 Å². The lowest BCUT2D eigenvalue weighted by Gasteiger charge is -2.30. The molecule has 0 saturated carbocycles. The number of carbonyl (C=O) groups is 2. The summed E-state index contributed by atoms with van der Waals surface area (Å²) in [5.41, 5.74) is 1.36. The van der Waals surface area contributed by atoms with Gasteiger partial charge in [0.1, 0.15) is 16.7 Å². The number of anilines is 1. The number of H-pyrrole nitrogens is 1. The summed E-state index contributed by atoms with van der Waals surface area (Å²) in [6.45, 7) is 0. The number of thiazole rings is 1. The fourth-order valence-electron chi connectivity index (χ4n) is 4.62. The number of aromatic amines is 1. The van der Waals surface area contributed by atoms with Gasteiger partial charge in [0.2, 0.25) is 11.8 Å². The van der Waals surface area contributed by atoms with E-state index in [2.05, 4.69) is 20.9 Å². The topological polar surface area (TPSA) is 79.5 Å². The average molecular weight is 565 g/mol. The first-order valence-corrected chi connectivity index (χ1v) is 13.3. The fraction of sp³-hybridized carbons (Fsp3) is 0.115. The summed E-state index contributed by atoms with van der Waals surface area (Å²) in [6, 6.07) is 24.1. The van der Waals surface area contributed by atoms with Crippen molar-refractivity contribution in [1.82, 2.24) is 4.98 Å². The number of fused-ring (bicyclic) bond motifs is 2. The van der Waals surface area contributed by atoms with Gasteiger partial charge < -0.3 is 9.72 Å². The summed E-state index contributed by atoms with van der Waals surface area (Å²) in [4.78, 5) is 44.3. The SMILES string of the molecule is O=C1[C@H]2[C@H](c3cccc(Oc4ccccc4)c3)c3sc(=O)[nH]c3S[C@H]2C(=O)N1c1ccc(Br)cc1. The maximum atomic E-state index is 13.8. The van der Waals surface area contributed by atoms with Gasteiger partial charge in [-0.3, -0.25) is 14.4 Å². The third-order valence-corrected chi connectivity index (χ3v) is 9.03. The van der Waals surface area contributed by atoms with E-state index in [9.17, 15) is 14.4 Å². The lowest BCUT2D eigenvalue weighted by Crippen LogP contribution is -2.32. The number of hydrogen-bond donors (Lipinski definition) is 1. The first kappa shape index (κ1) is 22.3. The second kappa shape index (κ2) is 8.82. The number of nitrogens with one attached hydrogen (secondary N) is 1. The maximum Gasteiger partial charge on any atom is 0.305 e. The highest BCUT2D eigenvalue weighted by molar-refractivity contribution is 9.10. The number of para-hydroxylation sites is 1. The molecule has 9 heteroatoms. The second-order valence-electron chi connectivity index (χ2n) is 8.23. The zero-order valence-corrected chi connectivity index (χ0v) is 21.2. The van der Waals surface area contributed by atoms with Crippen LogP contribution < -0.4 is 14.5 Å². The molecule has 3 atom stereocenters. The van der Waals surface area contributed by atoms with E-state index >= 15 is 0 Å². The Labute approximate surface area is 217 Å². The van der Waals surface area contributed by atoms with Crippen molar-refractivity contribution >= 4 is 56.5 Å². The molecule has 3 aromatic carbocycles. The molecule has 0 unspecified atom stereocenters. The zero-order chi connectivity index (χ0) is 24.1. The van der Waals surface area contributed by atoms with Crippen LogP contribution in [-0.2, 0) is 9.59 Å². The molecule has 1 saturated heterocycles. The number of halogens is 1.